The SMILES string of the molecule is CC1CCN(C[C@@H](O)Cn2nc(-c3ccccc3)ccc2=O)CC1. The van der Waals surface area contributed by atoms with E-state index in [9.17, 15) is 9.90 Å². The van der Waals surface area contributed by atoms with Crippen LogP contribution in [0.4, 0.5) is 0 Å². The molecule has 1 aromatic carbocycles. The molecule has 5 nitrogen and oxygen atoms in total. The van der Waals surface area contributed by atoms with Gasteiger partial charge >= 0.3 is 0 Å². The van der Waals surface area contributed by atoms with E-state index in [4.69, 9.17) is 0 Å². The fourth-order valence-electron chi connectivity index (χ4n) is 3.14. The van der Waals surface area contributed by atoms with Crippen LogP contribution in [-0.2, 0) is 6.54 Å². The Morgan fingerprint density at radius 3 is 2.54 bits per heavy atom. The van der Waals surface area contributed by atoms with Crippen LogP contribution in [0.1, 0.15) is 19.8 Å². The average Bonchev–Trinajstić information content (AvgIpc) is 2.60. The van der Waals surface area contributed by atoms with Gasteiger partial charge in [0.2, 0.25) is 0 Å². The molecule has 128 valence electrons. The predicted octanol–water partition coefficient (Wildman–Crippen LogP) is 2.00. The molecule has 0 bridgehead atoms. The van der Waals surface area contributed by atoms with Crippen molar-refractivity contribution < 1.29 is 5.11 Å². The zero-order valence-corrected chi connectivity index (χ0v) is 14.1. The van der Waals surface area contributed by atoms with Gasteiger partial charge in [0.25, 0.3) is 5.56 Å². The van der Waals surface area contributed by atoms with Gasteiger partial charge in [-0.15, -0.1) is 0 Å². The van der Waals surface area contributed by atoms with Gasteiger partial charge in [0.1, 0.15) is 0 Å². The van der Waals surface area contributed by atoms with E-state index in [1.54, 1.807) is 6.07 Å². The highest BCUT2D eigenvalue weighted by Gasteiger charge is 2.19. The van der Waals surface area contributed by atoms with Crippen LogP contribution in [0.25, 0.3) is 11.3 Å². The summed E-state index contributed by atoms with van der Waals surface area (Å²) in [5.74, 6) is 0.769. The van der Waals surface area contributed by atoms with Crippen LogP contribution >= 0.6 is 0 Å². The lowest BCUT2D eigenvalue weighted by atomic mass is 9.99. The standard InChI is InChI=1S/C19H25N3O2/c1-15-9-11-21(12-10-15)13-17(23)14-22-19(24)8-7-18(20-22)16-5-3-2-4-6-16/h2-8,15,17,23H,9-14H2,1H3/t17-/m1/s1. The van der Waals surface area contributed by atoms with Crippen LogP contribution in [-0.4, -0.2) is 45.5 Å². The first-order valence-corrected chi connectivity index (χ1v) is 8.66. The van der Waals surface area contributed by atoms with Gasteiger partial charge in [0.15, 0.2) is 0 Å². The number of aliphatic hydroxyl groups excluding tert-OH is 1. The van der Waals surface area contributed by atoms with E-state index >= 15 is 0 Å². The highest BCUT2D eigenvalue weighted by molar-refractivity contribution is 5.57. The largest absolute Gasteiger partial charge is 0.390 e. The summed E-state index contributed by atoms with van der Waals surface area (Å²) in [6, 6.07) is 13.0. The molecule has 0 spiro atoms. The smallest absolute Gasteiger partial charge is 0.266 e. The molecular weight excluding hydrogens is 302 g/mol. The van der Waals surface area contributed by atoms with E-state index in [1.807, 2.05) is 30.3 Å². The summed E-state index contributed by atoms with van der Waals surface area (Å²) in [6.07, 6.45) is 1.76. The Kier molecular flexibility index (Phi) is 5.43. The number of nitrogens with zero attached hydrogens (tertiary/aromatic N) is 3. The number of hydrogen-bond donors (Lipinski definition) is 1. The van der Waals surface area contributed by atoms with E-state index < -0.39 is 6.10 Å². The van der Waals surface area contributed by atoms with Gasteiger partial charge in [-0.1, -0.05) is 37.3 Å². The topological polar surface area (TPSA) is 58.4 Å². The summed E-state index contributed by atoms with van der Waals surface area (Å²) in [5, 5.41) is 14.8. The van der Waals surface area contributed by atoms with Crippen molar-refractivity contribution in [2.24, 2.45) is 5.92 Å². The van der Waals surface area contributed by atoms with Crippen molar-refractivity contribution in [2.75, 3.05) is 19.6 Å². The molecule has 3 rings (SSSR count). The molecule has 0 saturated carbocycles. The first-order valence-electron chi connectivity index (χ1n) is 8.66. The third-order valence-electron chi connectivity index (χ3n) is 4.67. The first-order chi connectivity index (χ1) is 11.6. The molecule has 1 N–H and O–H groups in total. The summed E-state index contributed by atoms with van der Waals surface area (Å²) >= 11 is 0. The second kappa shape index (κ2) is 7.73. The number of aliphatic hydroxyl groups is 1. The average molecular weight is 327 g/mol. The lowest BCUT2D eigenvalue weighted by Crippen LogP contribution is -2.41. The maximum Gasteiger partial charge on any atom is 0.266 e. The summed E-state index contributed by atoms with van der Waals surface area (Å²) in [5.41, 5.74) is 1.53. The molecule has 0 unspecified atom stereocenters. The molecule has 1 aliphatic heterocycles. The Bertz CT molecular complexity index is 706. The molecule has 1 aliphatic rings. The van der Waals surface area contributed by atoms with Crippen molar-refractivity contribution in [1.82, 2.24) is 14.7 Å². The maximum atomic E-state index is 12.0. The van der Waals surface area contributed by atoms with E-state index in [1.165, 1.54) is 23.6 Å². The number of aromatic nitrogens is 2. The molecular formula is C19H25N3O2. The minimum Gasteiger partial charge on any atom is -0.390 e. The third-order valence-corrected chi connectivity index (χ3v) is 4.67. The predicted molar refractivity (Wildman–Crippen MR) is 94.8 cm³/mol. The highest BCUT2D eigenvalue weighted by Crippen LogP contribution is 2.16. The van der Waals surface area contributed by atoms with Gasteiger partial charge in [0.05, 0.1) is 18.3 Å². The fraction of sp³-hybridized carbons (Fsp3) is 0.474. The summed E-state index contributed by atoms with van der Waals surface area (Å²) in [6.45, 7) is 5.13. The van der Waals surface area contributed by atoms with Crippen LogP contribution in [0.2, 0.25) is 0 Å². The zero-order chi connectivity index (χ0) is 16.9. The normalized spacial score (nSPS) is 17.8. The molecule has 2 heterocycles. The molecule has 2 aromatic rings. The van der Waals surface area contributed by atoms with Crippen LogP contribution in [0.3, 0.4) is 0 Å². The van der Waals surface area contributed by atoms with Gasteiger partial charge < -0.3 is 10.0 Å². The molecule has 1 saturated heterocycles. The number of piperidine rings is 1. The van der Waals surface area contributed by atoms with Crippen LogP contribution in [0.5, 0.6) is 0 Å². The molecule has 1 atom stereocenters. The van der Waals surface area contributed by atoms with Crippen molar-refractivity contribution >= 4 is 0 Å². The van der Waals surface area contributed by atoms with E-state index in [2.05, 4.69) is 16.9 Å². The number of likely N-dealkylation sites (tertiary alicyclic amines) is 1. The van der Waals surface area contributed by atoms with Gasteiger partial charge in [-0.25, -0.2) is 4.68 Å². The molecule has 5 heteroatoms. The third kappa shape index (κ3) is 4.30. The molecule has 1 aromatic heterocycles. The van der Waals surface area contributed by atoms with Gasteiger partial charge in [-0.3, -0.25) is 4.79 Å². The Morgan fingerprint density at radius 2 is 1.83 bits per heavy atom. The lowest BCUT2D eigenvalue weighted by Gasteiger charge is -2.31. The van der Waals surface area contributed by atoms with Gasteiger partial charge in [-0.05, 0) is 37.9 Å². The number of rotatable bonds is 5. The molecule has 0 aliphatic carbocycles. The first kappa shape index (κ1) is 16.9. The van der Waals surface area contributed by atoms with Crippen LogP contribution in [0, 0.1) is 5.92 Å². The van der Waals surface area contributed by atoms with E-state index in [0.717, 1.165) is 30.3 Å². The van der Waals surface area contributed by atoms with Crippen molar-refractivity contribution in [3.8, 4) is 11.3 Å². The quantitative estimate of drug-likeness (QED) is 0.912. The lowest BCUT2D eigenvalue weighted by molar-refractivity contribution is 0.0767. The van der Waals surface area contributed by atoms with Gasteiger partial charge in [0, 0.05) is 18.2 Å². The van der Waals surface area contributed by atoms with Crippen molar-refractivity contribution in [3.63, 3.8) is 0 Å². The van der Waals surface area contributed by atoms with Crippen molar-refractivity contribution in [3.05, 3.63) is 52.8 Å². The minimum atomic E-state index is -0.588. The minimum absolute atomic E-state index is 0.180. The number of hydrogen-bond acceptors (Lipinski definition) is 4. The Balaban J connectivity index is 1.67. The number of benzene rings is 1. The zero-order valence-electron chi connectivity index (χ0n) is 14.1. The molecule has 0 radical (unpaired) electrons. The Hall–Kier alpha value is -1.98. The fourth-order valence-corrected chi connectivity index (χ4v) is 3.14. The van der Waals surface area contributed by atoms with E-state index in [0.29, 0.717) is 6.54 Å². The molecule has 0 amide bonds. The van der Waals surface area contributed by atoms with E-state index in [-0.39, 0.29) is 12.1 Å². The highest BCUT2D eigenvalue weighted by atomic mass is 16.3. The maximum absolute atomic E-state index is 12.0. The molecule has 24 heavy (non-hydrogen) atoms. The Labute approximate surface area is 142 Å². The van der Waals surface area contributed by atoms with Crippen LogP contribution in [0.15, 0.2) is 47.3 Å². The van der Waals surface area contributed by atoms with Crippen molar-refractivity contribution in [1.29, 1.82) is 0 Å². The molecule has 1 fully saturated rings. The van der Waals surface area contributed by atoms with Crippen molar-refractivity contribution in [2.45, 2.75) is 32.4 Å². The second-order valence-electron chi connectivity index (χ2n) is 6.74. The Morgan fingerprint density at radius 1 is 1.12 bits per heavy atom. The monoisotopic (exact) mass is 327 g/mol. The number of β-amino-alcohol motifs (C(OH)–C–C–N with tert-alkyl or cyclic N) is 1. The second-order valence-corrected chi connectivity index (χ2v) is 6.74. The summed E-state index contributed by atoms with van der Waals surface area (Å²) < 4.78 is 1.37. The summed E-state index contributed by atoms with van der Waals surface area (Å²) in [4.78, 5) is 14.3. The van der Waals surface area contributed by atoms with Gasteiger partial charge in [-0.2, -0.15) is 5.10 Å². The summed E-state index contributed by atoms with van der Waals surface area (Å²) in [7, 11) is 0. The van der Waals surface area contributed by atoms with Crippen LogP contribution < -0.4 is 5.56 Å².